The number of halogens is 1. The molecule has 0 aliphatic carbocycles. The maximum absolute atomic E-state index is 11.7. The zero-order chi connectivity index (χ0) is 15.4. The van der Waals surface area contributed by atoms with E-state index >= 15 is 0 Å². The van der Waals surface area contributed by atoms with Crippen molar-refractivity contribution in [2.75, 3.05) is 5.88 Å². The summed E-state index contributed by atoms with van der Waals surface area (Å²) in [5.41, 5.74) is 4.96. The van der Waals surface area contributed by atoms with Crippen molar-refractivity contribution < 1.29 is 14.4 Å². The van der Waals surface area contributed by atoms with Crippen molar-refractivity contribution in [3.63, 3.8) is 0 Å². The molecule has 20 heavy (non-hydrogen) atoms. The van der Waals surface area contributed by atoms with E-state index in [0.717, 1.165) is 38.2 Å². The average Bonchev–Trinajstić information content (AvgIpc) is 2.42. The van der Waals surface area contributed by atoms with Gasteiger partial charge in [-0.25, -0.2) is 0 Å². The monoisotopic (exact) mass is 302 g/mol. The van der Waals surface area contributed by atoms with Gasteiger partial charge in [-0.2, -0.15) is 0 Å². The lowest BCUT2D eigenvalue weighted by molar-refractivity contribution is -0.125. The molecule has 0 saturated heterocycles. The van der Waals surface area contributed by atoms with Gasteiger partial charge in [0.05, 0.1) is 5.88 Å². The van der Waals surface area contributed by atoms with E-state index in [2.05, 4.69) is 12.2 Å². The molecular formula is C14H23ClN2O3. The number of primary amides is 1. The van der Waals surface area contributed by atoms with Crippen molar-refractivity contribution >= 4 is 29.2 Å². The molecular weight excluding hydrogens is 280 g/mol. The number of amides is 2. The largest absolute Gasteiger partial charge is 0.366 e. The Morgan fingerprint density at radius 1 is 1.20 bits per heavy atom. The zero-order valence-corrected chi connectivity index (χ0v) is 12.6. The Balaban J connectivity index is 4.19. The Bertz CT molecular complexity index is 356. The summed E-state index contributed by atoms with van der Waals surface area (Å²) >= 11 is 5.46. The van der Waals surface area contributed by atoms with Crippen molar-refractivity contribution in [1.82, 2.24) is 5.32 Å². The van der Waals surface area contributed by atoms with Crippen molar-refractivity contribution in [3.05, 3.63) is 12.2 Å². The highest BCUT2D eigenvalue weighted by molar-refractivity contribution is 6.28. The number of nitrogens with two attached hydrogens (primary N) is 1. The summed E-state index contributed by atoms with van der Waals surface area (Å²) in [7, 11) is 0. The van der Waals surface area contributed by atoms with E-state index in [1.807, 2.05) is 0 Å². The lowest BCUT2D eigenvalue weighted by atomic mass is 10.1. The molecule has 5 nitrogen and oxygen atoms in total. The average molecular weight is 303 g/mol. The minimum atomic E-state index is -0.886. The van der Waals surface area contributed by atoms with E-state index in [1.165, 1.54) is 6.08 Å². The Morgan fingerprint density at radius 2 is 1.85 bits per heavy atom. The second kappa shape index (κ2) is 11.5. The fourth-order valence-corrected chi connectivity index (χ4v) is 1.81. The molecule has 0 radical (unpaired) electrons. The first-order valence-electron chi connectivity index (χ1n) is 6.87. The van der Waals surface area contributed by atoms with Gasteiger partial charge in [-0.1, -0.05) is 32.6 Å². The standard InChI is InChI=1S/C14H23ClN2O3/c1-2-3-4-5-6-7-14(20)17-11(12(18)10-15)8-9-13(16)19/h8-9,11H,2-7,10H2,1H3,(H2,16,19)(H,17,20)/b9-8+. The lowest BCUT2D eigenvalue weighted by Crippen LogP contribution is -2.40. The zero-order valence-electron chi connectivity index (χ0n) is 11.9. The topological polar surface area (TPSA) is 89.3 Å². The van der Waals surface area contributed by atoms with E-state index in [4.69, 9.17) is 17.3 Å². The van der Waals surface area contributed by atoms with Crippen LogP contribution in [0.15, 0.2) is 12.2 Å². The number of rotatable bonds is 11. The number of Topliss-reactive ketones (excluding diaryl/α,β-unsaturated/α-hetero) is 1. The Morgan fingerprint density at radius 3 is 2.40 bits per heavy atom. The summed E-state index contributed by atoms with van der Waals surface area (Å²) in [4.78, 5) is 33.9. The molecule has 0 rings (SSSR count). The van der Waals surface area contributed by atoms with Gasteiger partial charge in [-0.05, 0) is 12.5 Å². The van der Waals surface area contributed by atoms with Crippen LogP contribution in [0.25, 0.3) is 0 Å². The van der Waals surface area contributed by atoms with E-state index in [0.29, 0.717) is 6.42 Å². The van der Waals surface area contributed by atoms with Gasteiger partial charge in [0.1, 0.15) is 6.04 Å². The number of hydrogen-bond donors (Lipinski definition) is 2. The fraction of sp³-hybridized carbons (Fsp3) is 0.643. The molecule has 2 amide bonds. The third-order valence-corrected chi connectivity index (χ3v) is 3.02. The van der Waals surface area contributed by atoms with Crippen LogP contribution >= 0.6 is 11.6 Å². The van der Waals surface area contributed by atoms with Gasteiger partial charge in [0.2, 0.25) is 11.8 Å². The highest BCUT2D eigenvalue weighted by Crippen LogP contribution is 2.05. The van der Waals surface area contributed by atoms with E-state index in [9.17, 15) is 14.4 Å². The first-order chi connectivity index (χ1) is 9.51. The Hall–Kier alpha value is -1.36. The number of ketones is 1. The second-order valence-electron chi connectivity index (χ2n) is 4.57. The molecule has 114 valence electrons. The van der Waals surface area contributed by atoms with Gasteiger partial charge >= 0.3 is 0 Å². The molecule has 0 aromatic carbocycles. The van der Waals surface area contributed by atoms with Crippen LogP contribution in [-0.4, -0.2) is 29.5 Å². The van der Waals surface area contributed by atoms with Crippen LogP contribution in [0.5, 0.6) is 0 Å². The smallest absolute Gasteiger partial charge is 0.241 e. The number of carbonyl (C=O) groups excluding carboxylic acids is 3. The Labute approximate surface area is 124 Å². The number of hydrogen-bond acceptors (Lipinski definition) is 3. The number of alkyl halides is 1. The highest BCUT2D eigenvalue weighted by Gasteiger charge is 2.16. The molecule has 0 aromatic heterocycles. The van der Waals surface area contributed by atoms with E-state index in [1.54, 1.807) is 0 Å². The molecule has 0 fully saturated rings. The molecule has 0 heterocycles. The summed E-state index contributed by atoms with van der Waals surface area (Å²) in [5, 5.41) is 2.55. The van der Waals surface area contributed by atoms with Crippen molar-refractivity contribution in [2.45, 2.75) is 51.5 Å². The van der Waals surface area contributed by atoms with Crippen molar-refractivity contribution in [1.29, 1.82) is 0 Å². The highest BCUT2D eigenvalue weighted by atomic mass is 35.5. The Kier molecular flexibility index (Phi) is 10.7. The summed E-state index contributed by atoms with van der Waals surface area (Å²) in [6, 6.07) is -0.886. The summed E-state index contributed by atoms with van der Waals surface area (Å²) in [6.45, 7) is 2.13. The van der Waals surface area contributed by atoms with Gasteiger partial charge in [-0.3, -0.25) is 14.4 Å². The first-order valence-corrected chi connectivity index (χ1v) is 7.40. The minimum Gasteiger partial charge on any atom is -0.366 e. The molecule has 0 aromatic rings. The third kappa shape index (κ3) is 9.55. The first kappa shape index (κ1) is 18.6. The summed E-state index contributed by atoms with van der Waals surface area (Å²) in [6.07, 6.45) is 7.88. The fourth-order valence-electron chi connectivity index (χ4n) is 1.64. The van der Waals surface area contributed by atoms with E-state index < -0.39 is 11.9 Å². The van der Waals surface area contributed by atoms with Crippen LogP contribution in [0, 0.1) is 0 Å². The van der Waals surface area contributed by atoms with Crippen LogP contribution in [0.3, 0.4) is 0 Å². The second-order valence-corrected chi connectivity index (χ2v) is 4.84. The molecule has 0 bridgehead atoms. The van der Waals surface area contributed by atoms with Crippen molar-refractivity contribution in [3.8, 4) is 0 Å². The minimum absolute atomic E-state index is 0.223. The van der Waals surface area contributed by atoms with Gasteiger partial charge < -0.3 is 11.1 Å². The van der Waals surface area contributed by atoms with Gasteiger partial charge in [0.25, 0.3) is 0 Å². The van der Waals surface area contributed by atoms with Crippen molar-refractivity contribution in [2.24, 2.45) is 5.73 Å². The predicted octanol–water partition coefficient (Wildman–Crippen LogP) is 1.68. The third-order valence-electron chi connectivity index (χ3n) is 2.76. The number of carbonyl (C=O) groups is 3. The molecule has 0 aliphatic rings. The maximum Gasteiger partial charge on any atom is 0.241 e. The van der Waals surface area contributed by atoms with Gasteiger partial charge in [0.15, 0.2) is 5.78 Å². The molecule has 1 unspecified atom stereocenters. The molecule has 1 atom stereocenters. The van der Waals surface area contributed by atoms with Crippen LogP contribution in [-0.2, 0) is 14.4 Å². The van der Waals surface area contributed by atoms with Gasteiger partial charge in [0, 0.05) is 12.5 Å². The van der Waals surface area contributed by atoms with Crippen LogP contribution < -0.4 is 11.1 Å². The SMILES string of the molecule is CCCCCCCC(=O)NC(/C=C/C(N)=O)C(=O)CCl. The predicted molar refractivity (Wildman–Crippen MR) is 79.4 cm³/mol. The maximum atomic E-state index is 11.7. The van der Waals surface area contributed by atoms with Crippen LogP contribution in [0.4, 0.5) is 0 Å². The summed E-state index contributed by atoms with van der Waals surface area (Å²) in [5.74, 6) is -1.50. The van der Waals surface area contributed by atoms with Crippen LogP contribution in [0.2, 0.25) is 0 Å². The molecule has 0 saturated carbocycles. The normalized spacial score (nSPS) is 12.3. The van der Waals surface area contributed by atoms with Gasteiger partial charge in [-0.15, -0.1) is 11.6 Å². The van der Waals surface area contributed by atoms with Crippen LogP contribution in [0.1, 0.15) is 45.4 Å². The molecule has 0 spiro atoms. The number of unbranched alkanes of at least 4 members (excludes halogenated alkanes) is 4. The van der Waals surface area contributed by atoms with E-state index in [-0.39, 0.29) is 17.6 Å². The molecule has 3 N–H and O–H groups in total. The molecule has 0 aliphatic heterocycles. The quantitative estimate of drug-likeness (QED) is 0.346. The molecule has 6 heteroatoms. The lowest BCUT2D eigenvalue weighted by Gasteiger charge is -2.12. The summed E-state index contributed by atoms with van der Waals surface area (Å²) < 4.78 is 0. The number of nitrogens with one attached hydrogen (secondary N) is 1.